The summed E-state index contributed by atoms with van der Waals surface area (Å²) in [7, 11) is 0. The highest BCUT2D eigenvalue weighted by Crippen LogP contribution is 2.09. The highest BCUT2D eigenvalue weighted by molar-refractivity contribution is 5.22. The molecule has 1 atom stereocenters. The standard InChI is InChI=1S/C19H27NO3/c1-3-9-20(12-17-7-4-6-16(2)11-17)13-18(21)14-22-15-19-8-5-10-23-19/h4-8,10-11,18,21H,3,9,12-15H2,1-2H3/t18-/m0/s1. The van der Waals surface area contributed by atoms with Crippen molar-refractivity contribution in [3.05, 3.63) is 59.5 Å². The fraction of sp³-hybridized carbons (Fsp3) is 0.474. The molecule has 126 valence electrons. The lowest BCUT2D eigenvalue weighted by Gasteiger charge is -2.24. The fourth-order valence-electron chi connectivity index (χ4n) is 2.66. The summed E-state index contributed by atoms with van der Waals surface area (Å²) >= 11 is 0. The van der Waals surface area contributed by atoms with E-state index < -0.39 is 6.10 Å². The van der Waals surface area contributed by atoms with Crippen molar-refractivity contribution in [2.75, 3.05) is 19.7 Å². The van der Waals surface area contributed by atoms with E-state index in [2.05, 4.69) is 43.0 Å². The number of furan rings is 1. The van der Waals surface area contributed by atoms with Crippen LogP contribution in [0.1, 0.15) is 30.2 Å². The average molecular weight is 317 g/mol. The number of ether oxygens (including phenoxy) is 1. The van der Waals surface area contributed by atoms with E-state index in [0.717, 1.165) is 25.3 Å². The summed E-state index contributed by atoms with van der Waals surface area (Å²) in [6.07, 6.45) is 2.19. The molecule has 0 saturated carbocycles. The molecule has 1 N–H and O–H groups in total. The minimum absolute atomic E-state index is 0.314. The van der Waals surface area contributed by atoms with Gasteiger partial charge in [-0.25, -0.2) is 0 Å². The molecule has 1 aromatic heterocycles. The van der Waals surface area contributed by atoms with Crippen LogP contribution in [0.3, 0.4) is 0 Å². The first kappa shape index (κ1) is 17.7. The minimum atomic E-state index is -0.499. The van der Waals surface area contributed by atoms with Crippen molar-refractivity contribution in [1.82, 2.24) is 4.90 Å². The number of hydrogen-bond acceptors (Lipinski definition) is 4. The topological polar surface area (TPSA) is 45.8 Å². The van der Waals surface area contributed by atoms with Crippen LogP contribution in [0.2, 0.25) is 0 Å². The molecule has 1 heterocycles. The molecule has 0 spiro atoms. The molecule has 2 rings (SSSR count). The molecule has 0 aliphatic heterocycles. The molecule has 2 aromatic rings. The summed E-state index contributed by atoms with van der Waals surface area (Å²) in [5.74, 6) is 0.780. The van der Waals surface area contributed by atoms with Gasteiger partial charge in [-0.3, -0.25) is 4.90 Å². The first-order chi connectivity index (χ1) is 11.2. The molecule has 4 nitrogen and oxygen atoms in total. The first-order valence-electron chi connectivity index (χ1n) is 8.23. The Balaban J connectivity index is 1.78. The van der Waals surface area contributed by atoms with E-state index in [-0.39, 0.29) is 0 Å². The number of aliphatic hydroxyl groups is 1. The maximum atomic E-state index is 10.2. The van der Waals surface area contributed by atoms with Gasteiger partial charge in [0.2, 0.25) is 0 Å². The Morgan fingerprint density at radius 1 is 1.26 bits per heavy atom. The Hall–Kier alpha value is -1.62. The first-order valence-corrected chi connectivity index (χ1v) is 8.23. The summed E-state index contributed by atoms with van der Waals surface area (Å²) in [6, 6.07) is 12.2. The van der Waals surface area contributed by atoms with Gasteiger partial charge in [-0.05, 0) is 37.6 Å². The highest BCUT2D eigenvalue weighted by Gasteiger charge is 2.12. The van der Waals surface area contributed by atoms with Gasteiger partial charge in [-0.1, -0.05) is 36.8 Å². The van der Waals surface area contributed by atoms with Gasteiger partial charge >= 0.3 is 0 Å². The predicted molar refractivity (Wildman–Crippen MR) is 91.1 cm³/mol. The third kappa shape index (κ3) is 6.57. The van der Waals surface area contributed by atoms with E-state index in [4.69, 9.17) is 9.15 Å². The zero-order valence-electron chi connectivity index (χ0n) is 14.1. The fourth-order valence-corrected chi connectivity index (χ4v) is 2.66. The molecule has 0 aliphatic carbocycles. The third-order valence-electron chi connectivity index (χ3n) is 3.63. The van der Waals surface area contributed by atoms with Crippen LogP contribution in [-0.2, 0) is 17.9 Å². The van der Waals surface area contributed by atoms with Gasteiger partial charge in [0, 0.05) is 13.1 Å². The third-order valence-corrected chi connectivity index (χ3v) is 3.63. The Labute approximate surface area is 138 Å². The van der Waals surface area contributed by atoms with Gasteiger partial charge in [-0.2, -0.15) is 0 Å². The maximum Gasteiger partial charge on any atom is 0.129 e. The smallest absolute Gasteiger partial charge is 0.129 e. The monoisotopic (exact) mass is 317 g/mol. The molecule has 1 aromatic carbocycles. The molecule has 23 heavy (non-hydrogen) atoms. The summed E-state index contributed by atoms with van der Waals surface area (Å²) in [5.41, 5.74) is 2.54. The summed E-state index contributed by atoms with van der Waals surface area (Å²) in [5, 5.41) is 10.2. The number of aryl methyl sites for hydroxylation is 1. The van der Waals surface area contributed by atoms with Crippen molar-refractivity contribution >= 4 is 0 Å². The SMILES string of the molecule is CCCN(Cc1cccc(C)c1)C[C@H](O)COCc1ccco1. The number of benzene rings is 1. The predicted octanol–water partition coefficient (Wildman–Crippen LogP) is 3.38. The summed E-state index contributed by atoms with van der Waals surface area (Å²) in [4.78, 5) is 2.27. The second-order valence-electron chi connectivity index (χ2n) is 5.97. The zero-order valence-corrected chi connectivity index (χ0v) is 14.1. The van der Waals surface area contributed by atoms with Crippen molar-refractivity contribution in [2.24, 2.45) is 0 Å². The molecule has 0 amide bonds. The van der Waals surface area contributed by atoms with E-state index in [0.29, 0.717) is 19.8 Å². The van der Waals surface area contributed by atoms with Gasteiger partial charge < -0.3 is 14.3 Å². The Morgan fingerprint density at radius 2 is 2.13 bits per heavy atom. The summed E-state index contributed by atoms with van der Waals surface area (Å²) < 4.78 is 10.7. The quantitative estimate of drug-likeness (QED) is 0.730. The lowest BCUT2D eigenvalue weighted by Crippen LogP contribution is -2.35. The van der Waals surface area contributed by atoms with Gasteiger partial charge in [0.05, 0.1) is 19.0 Å². The van der Waals surface area contributed by atoms with Crippen LogP contribution >= 0.6 is 0 Å². The van der Waals surface area contributed by atoms with E-state index >= 15 is 0 Å². The highest BCUT2D eigenvalue weighted by atomic mass is 16.5. The Bertz CT molecular complexity index is 554. The molecular formula is C19H27NO3. The van der Waals surface area contributed by atoms with Crippen molar-refractivity contribution in [3.8, 4) is 0 Å². The van der Waals surface area contributed by atoms with Crippen LogP contribution in [0.25, 0.3) is 0 Å². The second kappa shape index (κ2) is 9.50. The number of aliphatic hydroxyl groups excluding tert-OH is 1. The van der Waals surface area contributed by atoms with E-state index in [1.807, 2.05) is 12.1 Å². The molecule has 0 bridgehead atoms. The lowest BCUT2D eigenvalue weighted by atomic mass is 10.1. The minimum Gasteiger partial charge on any atom is -0.467 e. The van der Waals surface area contributed by atoms with Crippen molar-refractivity contribution in [2.45, 2.75) is 39.5 Å². The molecular weight excluding hydrogens is 290 g/mol. The van der Waals surface area contributed by atoms with Crippen LogP contribution in [-0.4, -0.2) is 35.8 Å². The largest absolute Gasteiger partial charge is 0.467 e. The van der Waals surface area contributed by atoms with Crippen LogP contribution in [0.5, 0.6) is 0 Å². The molecule has 0 aliphatic rings. The van der Waals surface area contributed by atoms with Crippen LogP contribution < -0.4 is 0 Å². The molecule has 4 heteroatoms. The Morgan fingerprint density at radius 3 is 2.83 bits per heavy atom. The number of nitrogens with zero attached hydrogens (tertiary/aromatic N) is 1. The number of rotatable bonds is 10. The van der Waals surface area contributed by atoms with Crippen molar-refractivity contribution in [1.29, 1.82) is 0 Å². The van der Waals surface area contributed by atoms with Crippen molar-refractivity contribution < 1.29 is 14.3 Å². The van der Waals surface area contributed by atoms with E-state index in [9.17, 15) is 5.11 Å². The molecule has 0 saturated heterocycles. The van der Waals surface area contributed by atoms with Gasteiger partial charge in [0.15, 0.2) is 0 Å². The average Bonchev–Trinajstić information content (AvgIpc) is 3.01. The molecule has 0 radical (unpaired) electrons. The zero-order chi connectivity index (χ0) is 16.5. The van der Waals surface area contributed by atoms with Gasteiger partial charge in [0.25, 0.3) is 0 Å². The van der Waals surface area contributed by atoms with Crippen LogP contribution in [0.4, 0.5) is 0 Å². The van der Waals surface area contributed by atoms with Gasteiger partial charge in [0.1, 0.15) is 12.4 Å². The van der Waals surface area contributed by atoms with Crippen molar-refractivity contribution in [3.63, 3.8) is 0 Å². The summed E-state index contributed by atoms with van der Waals surface area (Å²) in [6.45, 7) is 7.40. The normalized spacial score (nSPS) is 12.7. The second-order valence-corrected chi connectivity index (χ2v) is 5.97. The van der Waals surface area contributed by atoms with Crippen LogP contribution in [0, 0.1) is 6.92 Å². The lowest BCUT2D eigenvalue weighted by molar-refractivity contribution is 0.00387. The molecule has 0 fully saturated rings. The number of hydrogen-bond donors (Lipinski definition) is 1. The molecule has 0 unspecified atom stereocenters. The Kier molecular flexibility index (Phi) is 7.33. The van der Waals surface area contributed by atoms with E-state index in [1.165, 1.54) is 11.1 Å². The van der Waals surface area contributed by atoms with Gasteiger partial charge in [-0.15, -0.1) is 0 Å². The van der Waals surface area contributed by atoms with Crippen LogP contribution in [0.15, 0.2) is 47.1 Å². The van der Waals surface area contributed by atoms with E-state index in [1.54, 1.807) is 6.26 Å². The maximum absolute atomic E-state index is 10.2.